The number of rotatable bonds is 2. The van der Waals surface area contributed by atoms with Gasteiger partial charge in [0.2, 0.25) is 0 Å². The van der Waals surface area contributed by atoms with Crippen LogP contribution in [0.15, 0.2) is 42.7 Å². The third kappa shape index (κ3) is 3.19. The summed E-state index contributed by atoms with van der Waals surface area (Å²) in [6.45, 7) is 2.83. The molecule has 1 aromatic carbocycles. The average Bonchev–Trinajstić information content (AvgIpc) is 2.93. The summed E-state index contributed by atoms with van der Waals surface area (Å²) in [5.74, 6) is -0.260. The number of benzene rings is 1. The van der Waals surface area contributed by atoms with Gasteiger partial charge >= 0.3 is 0 Å². The Balaban J connectivity index is 1.51. The maximum absolute atomic E-state index is 13.9. The lowest BCUT2D eigenvalue weighted by Gasteiger charge is -2.21. The lowest BCUT2D eigenvalue weighted by atomic mass is 10.2. The van der Waals surface area contributed by atoms with Gasteiger partial charge in [0.05, 0.1) is 4.70 Å². The number of carbonyl (C=O) groups is 1. The van der Waals surface area contributed by atoms with E-state index in [1.807, 2.05) is 11.0 Å². The number of para-hydroxylation sites is 1. The van der Waals surface area contributed by atoms with Crippen molar-refractivity contribution in [3.63, 3.8) is 0 Å². The molecular formula is C18H17FN4OS. The van der Waals surface area contributed by atoms with Crippen LogP contribution in [0.25, 0.3) is 10.2 Å². The molecule has 0 N–H and O–H groups in total. The first-order valence-electron chi connectivity index (χ1n) is 8.22. The summed E-state index contributed by atoms with van der Waals surface area (Å²) in [5.41, 5.74) is 1.09. The van der Waals surface area contributed by atoms with Crippen LogP contribution in [0.3, 0.4) is 0 Å². The fraction of sp³-hybridized carbons (Fsp3) is 0.278. The molecular weight excluding hydrogens is 339 g/mol. The van der Waals surface area contributed by atoms with Gasteiger partial charge in [-0.05, 0) is 30.7 Å². The molecule has 128 valence electrons. The van der Waals surface area contributed by atoms with E-state index in [-0.39, 0.29) is 11.7 Å². The molecule has 0 bridgehead atoms. The van der Waals surface area contributed by atoms with Crippen molar-refractivity contribution in [2.75, 3.05) is 31.1 Å². The number of fused-ring (bicyclic) bond motifs is 1. The van der Waals surface area contributed by atoms with E-state index in [1.54, 1.807) is 30.6 Å². The van der Waals surface area contributed by atoms with Crippen LogP contribution in [0.5, 0.6) is 0 Å². The van der Waals surface area contributed by atoms with Crippen LogP contribution in [-0.2, 0) is 0 Å². The molecule has 0 atom stereocenters. The van der Waals surface area contributed by atoms with Crippen molar-refractivity contribution in [2.24, 2.45) is 0 Å². The van der Waals surface area contributed by atoms with Gasteiger partial charge in [0, 0.05) is 44.1 Å². The second kappa shape index (κ2) is 6.76. The highest BCUT2D eigenvalue weighted by Crippen LogP contribution is 2.30. The normalized spacial score (nSPS) is 15.4. The van der Waals surface area contributed by atoms with Gasteiger partial charge in [-0.25, -0.2) is 9.37 Å². The van der Waals surface area contributed by atoms with E-state index in [0.29, 0.717) is 30.7 Å². The summed E-state index contributed by atoms with van der Waals surface area (Å²) in [6, 6.07) is 8.50. The lowest BCUT2D eigenvalue weighted by Crippen LogP contribution is -2.35. The number of anilines is 1. The summed E-state index contributed by atoms with van der Waals surface area (Å²) in [7, 11) is 0. The summed E-state index contributed by atoms with van der Waals surface area (Å²) < 4.78 is 14.7. The molecule has 1 aliphatic rings. The van der Waals surface area contributed by atoms with Crippen molar-refractivity contribution < 1.29 is 9.18 Å². The molecule has 5 nitrogen and oxygen atoms in total. The topological polar surface area (TPSA) is 49.3 Å². The molecule has 1 saturated heterocycles. The van der Waals surface area contributed by atoms with Crippen molar-refractivity contribution in [3.05, 3.63) is 54.1 Å². The fourth-order valence-corrected chi connectivity index (χ4v) is 4.06. The maximum atomic E-state index is 13.9. The quantitative estimate of drug-likeness (QED) is 0.708. The molecule has 0 saturated carbocycles. The Hall–Kier alpha value is -2.54. The largest absolute Gasteiger partial charge is 0.346 e. The highest BCUT2D eigenvalue weighted by Gasteiger charge is 2.22. The molecule has 7 heteroatoms. The van der Waals surface area contributed by atoms with Gasteiger partial charge in [0.25, 0.3) is 5.91 Å². The molecule has 25 heavy (non-hydrogen) atoms. The predicted molar refractivity (Wildman–Crippen MR) is 96.5 cm³/mol. The monoisotopic (exact) mass is 356 g/mol. The van der Waals surface area contributed by atoms with E-state index in [9.17, 15) is 9.18 Å². The van der Waals surface area contributed by atoms with Gasteiger partial charge in [-0.2, -0.15) is 0 Å². The Labute approximate surface area is 148 Å². The molecule has 4 rings (SSSR count). The van der Waals surface area contributed by atoms with Gasteiger partial charge in [-0.15, -0.1) is 0 Å². The van der Waals surface area contributed by atoms with E-state index in [4.69, 9.17) is 0 Å². The smallest absolute Gasteiger partial charge is 0.254 e. The summed E-state index contributed by atoms with van der Waals surface area (Å²) >= 11 is 1.50. The molecule has 2 aromatic heterocycles. The second-order valence-corrected chi connectivity index (χ2v) is 6.96. The second-order valence-electron chi connectivity index (χ2n) is 5.95. The van der Waals surface area contributed by atoms with Gasteiger partial charge in [-0.3, -0.25) is 9.78 Å². The molecule has 0 spiro atoms. The summed E-state index contributed by atoms with van der Waals surface area (Å²) in [6.07, 6.45) is 4.12. The van der Waals surface area contributed by atoms with Crippen LogP contribution >= 0.6 is 11.3 Å². The molecule has 3 aromatic rings. The van der Waals surface area contributed by atoms with Crippen molar-refractivity contribution >= 4 is 32.6 Å². The van der Waals surface area contributed by atoms with E-state index in [2.05, 4.69) is 14.9 Å². The molecule has 1 fully saturated rings. The van der Waals surface area contributed by atoms with Crippen molar-refractivity contribution in [1.82, 2.24) is 14.9 Å². The van der Waals surface area contributed by atoms with Crippen LogP contribution in [0.2, 0.25) is 0 Å². The molecule has 0 aliphatic carbocycles. The molecule has 3 heterocycles. The first kappa shape index (κ1) is 16.0. The summed E-state index contributed by atoms with van der Waals surface area (Å²) in [4.78, 5) is 25.0. The zero-order valence-corrected chi connectivity index (χ0v) is 14.4. The Morgan fingerprint density at radius 3 is 2.72 bits per heavy atom. The third-order valence-electron chi connectivity index (χ3n) is 4.34. The van der Waals surface area contributed by atoms with E-state index in [0.717, 1.165) is 22.8 Å². The van der Waals surface area contributed by atoms with Crippen molar-refractivity contribution in [2.45, 2.75) is 6.42 Å². The zero-order chi connectivity index (χ0) is 17.2. The van der Waals surface area contributed by atoms with Gasteiger partial charge < -0.3 is 9.80 Å². The average molecular weight is 356 g/mol. The Kier molecular flexibility index (Phi) is 4.31. The highest BCUT2D eigenvalue weighted by atomic mass is 32.1. The van der Waals surface area contributed by atoms with E-state index < -0.39 is 0 Å². The van der Waals surface area contributed by atoms with Crippen molar-refractivity contribution in [3.8, 4) is 0 Å². The third-order valence-corrected chi connectivity index (χ3v) is 5.42. The standard InChI is InChI=1S/C18H17FN4OS/c19-14-3-1-4-15-16(14)21-18(25-15)23-10-2-9-22(11-12-23)17(24)13-5-7-20-8-6-13/h1,3-8H,2,9-12H2. The Bertz CT molecular complexity index is 898. The van der Waals surface area contributed by atoms with Crippen LogP contribution in [0, 0.1) is 5.82 Å². The van der Waals surface area contributed by atoms with Crippen LogP contribution in [0.1, 0.15) is 16.8 Å². The van der Waals surface area contributed by atoms with Crippen molar-refractivity contribution in [1.29, 1.82) is 0 Å². The van der Waals surface area contributed by atoms with Crippen LogP contribution < -0.4 is 4.90 Å². The fourth-order valence-electron chi connectivity index (χ4n) is 3.03. The number of aromatic nitrogens is 2. The number of hydrogen-bond acceptors (Lipinski definition) is 5. The maximum Gasteiger partial charge on any atom is 0.254 e. The Morgan fingerprint density at radius 1 is 1.08 bits per heavy atom. The molecule has 0 radical (unpaired) electrons. The zero-order valence-electron chi connectivity index (χ0n) is 13.6. The molecule has 0 unspecified atom stereocenters. The predicted octanol–water partition coefficient (Wildman–Crippen LogP) is 3.18. The summed E-state index contributed by atoms with van der Waals surface area (Å²) in [5, 5.41) is 0.818. The number of pyridine rings is 1. The van der Waals surface area contributed by atoms with Crippen LogP contribution in [-0.4, -0.2) is 47.0 Å². The minimum atomic E-state index is -0.288. The number of hydrogen-bond donors (Lipinski definition) is 0. The number of nitrogens with zero attached hydrogens (tertiary/aromatic N) is 4. The SMILES string of the molecule is O=C(c1ccncc1)N1CCCN(c2nc3c(F)cccc3s2)CC1. The van der Waals surface area contributed by atoms with Gasteiger partial charge in [0.1, 0.15) is 11.3 Å². The molecule has 1 aliphatic heterocycles. The first-order valence-corrected chi connectivity index (χ1v) is 9.03. The van der Waals surface area contributed by atoms with E-state index in [1.165, 1.54) is 17.4 Å². The van der Waals surface area contributed by atoms with Crippen LogP contribution in [0.4, 0.5) is 9.52 Å². The van der Waals surface area contributed by atoms with E-state index >= 15 is 0 Å². The number of halogens is 1. The number of amides is 1. The lowest BCUT2D eigenvalue weighted by molar-refractivity contribution is 0.0767. The van der Waals surface area contributed by atoms with Gasteiger partial charge in [-0.1, -0.05) is 17.4 Å². The number of thiazole rings is 1. The van der Waals surface area contributed by atoms with Gasteiger partial charge in [0.15, 0.2) is 5.13 Å². The molecule has 1 amide bonds. The first-order chi connectivity index (χ1) is 12.2. The Morgan fingerprint density at radius 2 is 1.92 bits per heavy atom. The number of carbonyl (C=O) groups excluding carboxylic acids is 1. The minimum absolute atomic E-state index is 0.0274. The minimum Gasteiger partial charge on any atom is -0.346 e. The highest BCUT2D eigenvalue weighted by molar-refractivity contribution is 7.22.